The molecule has 0 fully saturated rings. The molecule has 1 amide bonds. The second kappa shape index (κ2) is 6.21. The van der Waals surface area contributed by atoms with Crippen LogP contribution >= 0.6 is 11.3 Å². The van der Waals surface area contributed by atoms with Crippen LogP contribution in [0, 0.1) is 0 Å². The maximum absolute atomic E-state index is 13.2. The highest BCUT2D eigenvalue weighted by molar-refractivity contribution is 7.10. The number of benzene rings is 2. The van der Waals surface area contributed by atoms with Gasteiger partial charge < -0.3 is 9.32 Å². The Morgan fingerprint density at radius 1 is 0.926 bits per heavy atom. The van der Waals surface area contributed by atoms with Gasteiger partial charge in [-0.05, 0) is 29.1 Å². The molecule has 1 aliphatic heterocycles. The fourth-order valence-corrected chi connectivity index (χ4v) is 4.50. The number of rotatable bonds is 3. The zero-order valence-corrected chi connectivity index (χ0v) is 15.1. The van der Waals surface area contributed by atoms with E-state index in [9.17, 15) is 9.59 Å². The Hall–Kier alpha value is -3.18. The Morgan fingerprint density at radius 2 is 1.70 bits per heavy atom. The highest BCUT2D eigenvalue weighted by Gasteiger charge is 2.43. The first-order chi connectivity index (χ1) is 13.2. The van der Waals surface area contributed by atoms with Crippen molar-refractivity contribution in [3.05, 3.63) is 104 Å². The van der Waals surface area contributed by atoms with Crippen molar-refractivity contribution >= 4 is 28.2 Å². The lowest BCUT2D eigenvalue weighted by atomic mass is 10.0. The molecule has 2 aromatic heterocycles. The number of hydrogen-bond donors (Lipinski definition) is 0. The average molecular weight is 373 g/mol. The molecule has 1 atom stereocenters. The van der Waals surface area contributed by atoms with Crippen molar-refractivity contribution in [2.24, 2.45) is 0 Å². The fourth-order valence-electron chi connectivity index (χ4n) is 3.65. The highest BCUT2D eigenvalue weighted by Crippen LogP contribution is 2.40. The molecule has 3 heterocycles. The van der Waals surface area contributed by atoms with Crippen LogP contribution in [-0.4, -0.2) is 10.8 Å². The number of fused-ring (bicyclic) bond motifs is 2. The van der Waals surface area contributed by atoms with E-state index < -0.39 is 6.04 Å². The molecule has 0 saturated carbocycles. The minimum absolute atomic E-state index is 0.130. The minimum atomic E-state index is -0.423. The second-order valence-corrected chi connectivity index (χ2v) is 7.49. The van der Waals surface area contributed by atoms with E-state index in [-0.39, 0.29) is 17.1 Å². The molecule has 0 radical (unpaired) electrons. The molecule has 0 saturated heterocycles. The molecular formula is C22H15NO3S. The van der Waals surface area contributed by atoms with Crippen molar-refractivity contribution in [1.29, 1.82) is 0 Å². The zero-order chi connectivity index (χ0) is 18.4. The summed E-state index contributed by atoms with van der Waals surface area (Å²) in [7, 11) is 0. The van der Waals surface area contributed by atoms with E-state index in [0.29, 0.717) is 23.1 Å². The van der Waals surface area contributed by atoms with Crippen molar-refractivity contribution in [2.75, 3.05) is 0 Å². The predicted octanol–water partition coefficient (Wildman–Crippen LogP) is 4.60. The summed E-state index contributed by atoms with van der Waals surface area (Å²) in [6, 6.07) is 20.4. The van der Waals surface area contributed by atoms with Crippen LogP contribution in [0.4, 0.5) is 0 Å². The summed E-state index contributed by atoms with van der Waals surface area (Å²) < 4.78 is 5.91. The van der Waals surface area contributed by atoms with Crippen LogP contribution in [0.3, 0.4) is 0 Å². The minimum Gasteiger partial charge on any atom is -0.450 e. The molecular weight excluding hydrogens is 358 g/mol. The van der Waals surface area contributed by atoms with E-state index in [2.05, 4.69) is 0 Å². The Balaban J connectivity index is 1.73. The maximum Gasteiger partial charge on any atom is 0.291 e. The molecule has 1 aliphatic rings. The van der Waals surface area contributed by atoms with Gasteiger partial charge in [-0.15, -0.1) is 11.3 Å². The summed E-state index contributed by atoms with van der Waals surface area (Å²) in [6.45, 7) is 0.419. The molecule has 4 nitrogen and oxygen atoms in total. The topological polar surface area (TPSA) is 50.5 Å². The van der Waals surface area contributed by atoms with Crippen molar-refractivity contribution in [1.82, 2.24) is 4.90 Å². The molecule has 132 valence electrons. The van der Waals surface area contributed by atoms with E-state index in [1.807, 2.05) is 53.9 Å². The van der Waals surface area contributed by atoms with E-state index in [4.69, 9.17) is 4.42 Å². The van der Waals surface area contributed by atoms with Gasteiger partial charge in [0.25, 0.3) is 5.91 Å². The van der Waals surface area contributed by atoms with Crippen LogP contribution in [0.15, 0.2) is 81.3 Å². The Bertz CT molecular complexity index is 1200. The van der Waals surface area contributed by atoms with Gasteiger partial charge in [0.2, 0.25) is 5.76 Å². The van der Waals surface area contributed by atoms with Crippen LogP contribution in [0.2, 0.25) is 0 Å². The normalized spacial score (nSPS) is 16.1. The largest absolute Gasteiger partial charge is 0.450 e. The van der Waals surface area contributed by atoms with Crippen LogP contribution in [0.1, 0.15) is 32.6 Å². The van der Waals surface area contributed by atoms with Gasteiger partial charge in [0.05, 0.1) is 10.9 Å². The number of carbonyl (C=O) groups excluding carboxylic acids is 1. The van der Waals surface area contributed by atoms with E-state index in [0.717, 1.165) is 10.4 Å². The molecule has 2 aromatic carbocycles. The number of amides is 1. The summed E-state index contributed by atoms with van der Waals surface area (Å²) in [4.78, 5) is 29.1. The molecule has 0 spiro atoms. The first-order valence-corrected chi connectivity index (χ1v) is 9.56. The third kappa shape index (κ3) is 2.51. The molecule has 5 rings (SSSR count). The molecule has 0 bridgehead atoms. The summed E-state index contributed by atoms with van der Waals surface area (Å²) in [5, 5.41) is 2.47. The van der Waals surface area contributed by atoms with Crippen molar-refractivity contribution < 1.29 is 9.21 Å². The van der Waals surface area contributed by atoms with Gasteiger partial charge in [0.1, 0.15) is 11.6 Å². The number of hydrogen-bond acceptors (Lipinski definition) is 4. The summed E-state index contributed by atoms with van der Waals surface area (Å²) >= 11 is 1.54. The zero-order valence-electron chi connectivity index (χ0n) is 14.3. The van der Waals surface area contributed by atoms with Gasteiger partial charge in [-0.3, -0.25) is 9.59 Å². The van der Waals surface area contributed by atoms with Crippen LogP contribution in [0.25, 0.3) is 11.0 Å². The third-order valence-electron chi connectivity index (χ3n) is 4.88. The molecule has 0 unspecified atom stereocenters. The first-order valence-electron chi connectivity index (χ1n) is 8.68. The van der Waals surface area contributed by atoms with Crippen molar-refractivity contribution in [3.63, 3.8) is 0 Å². The molecule has 27 heavy (non-hydrogen) atoms. The maximum atomic E-state index is 13.2. The fraction of sp³-hybridized carbons (Fsp3) is 0.0909. The smallest absolute Gasteiger partial charge is 0.291 e. The number of carbonyl (C=O) groups is 1. The van der Waals surface area contributed by atoms with Gasteiger partial charge >= 0.3 is 0 Å². The van der Waals surface area contributed by atoms with Crippen molar-refractivity contribution in [2.45, 2.75) is 12.6 Å². The monoisotopic (exact) mass is 373 g/mol. The quantitative estimate of drug-likeness (QED) is 0.527. The SMILES string of the molecule is O=C1c2oc3ccccc3c(=O)c2[C@@H](c2cccs2)N1Cc1ccccc1. The lowest BCUT2D eigenvalue weighted by Gasteiger charge is -2.24. The van der Waals surface area contributed by atoms with Gasteiger partial charge in [-0.2, -0.15) is 0 Å². The predicted molar refractivity (Wildman–Crippen MR) is 105 cm³/mol. The standard InChI is InChI=1S/C22H15NO3S/c24-20-15-9-4-5-10-16(15)26-21-18(20)19(17-11-6-12-27-17)23(22(21)25)13-14-7-2-1-3-8-14/h1-12,19H,13H2/t19-/m1/s1. The summed E-state index contributed by atoms with van der Waals surface area (Å²) in [6.07, 6.45) is 0. The van der Waals surface area contributed by atoms with Gasteiger partial charge in [0.15, 0.2) is 5.43 Å². The number of thiophene rings is 1. The number of para-hydroxylation sites is 1. The van der Waals surface area contributed by atoms with Gasteiger partial charge in [0, 0.05) is 11.4 Å². The van der Waals surface area contributed by atoms with Crippen molar-refractivity contribution in [3.8, 4) is 0 Å². The molecule has 5 heteroatoms. The highest BCUT2D eigenvalue weighted by atomic mass is 32.1. The first kappa shape index (κ1) is 16.0. The lowest BCUT2D eigenvalue weighted by Crippen LogP contribution is -2.28. The van der Waals surface area contributed by atoms with Gasteiger partial charge in [-0.25, -0.2) is 0 Å². The molecule has 4 aromatic rings. The molecule has 0 aliphatic carbocycles. The van der Waals surface area contributed by atoms with Gasteiger partial charge in [-0.1, -0.05) is 48.5 Å². The third-order valence-corrected chi connectivity index (χ3v) is 5.81. The van der Waals surface area contributed by atoms with E-state index >= 15 is 0 Å². The number of nitrogens with zero attached hydrogens (tertiary/aromatic N) is 1. The second-order valence-electron chi connectivity index (χ2n) is 6.51. The lowest BCUT2D eigenvalue weighted by molar-refractivity contribution is 0.0716. The Labute approximate surface area is 159 Å². The van der Waals surface area contributed by atoms with Crippen LogP contribution < -0.4 is 5.43 Å². The van der Waals surface area contributed by atoms with E-state index in [1.165, 1.54) is 11.3 Å². The molecule has 0 N–H and O–H groups in total. The van der Waals surface area contributed by atoms with Crippen LogP contribution in [0.5, 0.6) is 0 Å². The van der Waals surface area contributed by atoms with E-state index in [1.54, 1.807) is 23.1 Å². The average Bonchev–Trinajstić information content (AvgIpc) is 3.31. The Kier molecular flexibility index (Phi) is 3.69. The summed E-state index contributed by atoms with van der Waals surface area (Å²) in [5.74, 6) is -0.0804. The Morgan fingerprint density at radius 3 is 2.48 bits per heavy atom. The van der Waals surface area contributed by atoms with Crippen LogP contribution in [-0.2, 0) is 6.54 Å². The summed E-state index contributed by atoms with van der Waals surface area (Å²) in [5.41, 5.74) is 1.77.